The molecule has 0 bridgehead atoms. The molecule has 0 aromatic rings. The topological polar surface area (TPSA) is 140 Å². The number of carbonyl (C=O) groups is 2. The van der Waals surface area contributed by atoms with Crippen LogP contribution in [0.1, 0.15) is 200 Å². The van der Waals surface area contributed by atoms with Gasteiger partial charge in [-0.05, 0) is 57.8 Å². The standard InChI is InChI=1S/C45H81O9P/c1-3-5-6-7-8-9-10-11-12-13-14-15-16-21-24-27-30-33-36-39-45(48)54-43(41-53-55(49,50)51)40-52-44(47)38-35-32-29-26-23-20-18-17-19-22-25-28-31-34-37-42(46)4-2/h18-20,22,26,28-29,31,42-43,46H,3-17,21,23-25,27,30,32-41H2,1-2H3,(H2,49,50,51)/b20-18-,22-19-,29-26-,31-28-/t42-,43+/m0/s1. The van der Waals surface area contributed by atoms with Crippen LogP contribution in [0.15, 0.2) is 48.6 Å². The molecule has 0 spiro atoms. The molecule has 0 aliphatic carbocycles. The van der Waals surface area contributed by atoms with Crippen LogP contribution in [0, 0.1) is 0 Å². The lowest BCUT2D eigenvalue weighted by Gasteiger charge is -2.18. The quantitative estimate of drug-likeness (QED) is 0.0239. The first-order valence-corrected chi connectivity index (χ1v) is 23.5. The van der Waals surface area contributed by atoms with Gasteiger partial charge in [0.15, 0.2) is 6.10 Å². The number of carbonyl (C=O) groups excluding carboxylic acids is 2. The smallest absolute Gasteiger partial charge is 0.462 e. The maximum absolute atomic E-state index is 12.4. The number of aliphatic hydroxyl groups excluding tert-OH is 1. The fraction of sp³-hybridized carbons (Fsp3) is 0.778. The molecule has 0 aliphatic heterocycles. The molecular weight excluding hydrogens is 715 g/mol. The Morgan fingerprint density at radius 2 is 0.964 bits per heavy atom. The predicted octanol–water partition coefficient (Wildman–Crippen LogP) is 12.5. The number of phosphoric ester groups is 1. The van der Waals surface area contributed by atoms with Gasteiger partial charge in [0, 0.05) is 12.8 Å². The average molecular weight is 797 g/mol. The monoisotopic (exact) mass is 797 g/mol. The summed E-state index contributed by atoms with van der Waals surface area (Å²) in [5, 5.41) is 9.54. The molecule has 55 heavy (non-hydrogen) atoms. The van der Waals surface area contributed by atoms with Crippen LogP contribution >= 0.6 is 7.82 Å². The van der Waals surface area contributed by atoms with E-state index < -0.39 is 32.5 Å². The maximum atomic E-state index is 12.4. The first-order valence-electron chi connectivity index (χ1n) is 22.0. The summed E-state index contributed by atoms with van der Waals surface area (Å²) in [5.41, 5.74) is 0. The lowest BCUT2D eigenvalue weighted by molar-refractivity contribution is -0.161. The molecule has 0 aliphatic rings. The van der Waals surface area contributed by atoms with Gasteiger partial charge in [0.25, 0.3) is 0 Å². The van der Waals surface area contributed by atoms with Crippen molar-refractivity contribution in [3.8, 4) is 0 Å². The van der Waals surface area contributed by atoms with Crippen LogP contribution < -0.4 is 0 Å². The summed E-state index contributed by atoms with van der Waals surface area (Å²) < 4.78 is 26.4. The van der Waals surface area contributed by atoms with Gasteiger partial charge in [0.2, 0.25) is 0 Å². The number of unbranched alkanes of at least 4 members (excludes halogenated alkanes) is 19. The van der Waals surface area contributed by atoms with Crippen molar-refractivity contribution in [3.05, 3.63) is 48.6 Å². The highest BCUT2D eigenvalue weighted by Gasteiger charge is 2.22. The molecule has 0 aromatic carbocycles. The minimum atomic E-state index is -4.77. The summed E-state index contributed by atoms with van der Waals surface area (Å²) in [6, 6.07) is 0. The minimum absolute atomic E-state index is 0.179. The molecule has 0 amide bonds. The van der Waals surface area contributed by atoms with Crippen molar-refractivity contribution >= 4 is 19.8 Å². The van der Waals surface area contributed by atoms with Crippen molar-refractivity contribution in [1.29, 1.82) is 0 Å². The molecule has 0 aromatic heterocycles. The molecular formula is C45H81O9P. The summed E-state index contributed by atoms with van der Waals surface area (Å²) >= 11 is 0. The molecule has 10 heteroatoms. The first kappa shape index (κ1) is 53.0. The Morgan fingerprint density at radius 1 is 0.545 bits per heavy atom. The Hall–Kier alpha value is -2.03. The van der Waals surface area contributed by atoms with Crippen LogP contribution in [-0.2, 0) is 28.2 Å². The molecule has 0 unspecified atom stereocenters. The van der Waals surface area contributed by atoms with E-state index in [1.54, 1.807) is 0 Å². The van der Waals surface area contributed by atoms with Crippen molar-refractivity contribution in [1.82, 2.24) is 0 Å². The van der Waals surface area contributed by atoms with E-state index in [0.29, 0.717) is 19.3 Å². The Kier molecular flexibility index (Phi) is 38.7. The van der Waals surface area contributed by atoms with Crippen molar-refractivity contribution in [2.45, 2.75) is 212 Å². The van der Waals surface area contributed by atoms with Gasteiger partial charge in [-0.15, -0.1) is 0 Å². The van der Waals surface area contributed by atoms with Crippen LogP contribution in [0.25, 0.3) is 0 Å². The van der Waals surface area contributed by atoms with E-state index >= 15 is 0 Å². The molecule has 0 heterocycles. The number of ether oxygens (including phenoxy) is 2. The lowest BCUT2D eigenvalue weighted by atomic mass is 10.0. The lowest BCUT2D eigenvalue weighted by Crippen LogP contribution is -2.29. The Bertz CT molecular complexity index is 1050. The van der Waals surface area contributed by atoms with E-state index in [1.807, 2.05) is 13.0 Å². The van der Waals surface area contributed by atoms with Crippen LogP contribution in [-0.4, -0.2) is 52.3 Å². The van der Waals surface area contributed by atoms with Crippen LogP contribution in [0.5, 0.6) is 0 Å². The molecule has 0 rings (SSSR count). The maximum Gasteiger partial charge on any atom is 0.469 e. The summed E-state index contributed by atoms with van der Waals surface area (Å²) in [7, 11) is -4.77. The van der Waals surface area contributed by atoms with Gasteiger partial charge in [0.05, 0.1) is 12.7 Å². The summed E-state index contributed by atoms with van der Waals surface area (Å²) in [5.74, 6) is -0.963. The summed E-state index contributed by atoms with van der Waals surface area (Å²) in [6.45, 7) is 3.38. The zero-order chi connectivity index (χ0) is 40.5. The highest BCUT2D eigenvalue weighted by molar-refractivity contribution is 7.46. The first-order chi connectivity index (χ1) is 26.7. The van der Waals surface area contributed by atoms with Gasteiger partial charge >= 0.3 is 19.8 Å². The zero-order valence-electron chi connectivity index (χ0n) is 34.9. The van der Waals surface area contributed by atoms with Gasteiger partial charge in [-0.3, -0.25) is 14.1 Å². The summed E-state index contributed by atoms with van der Waals surface area (Å²) in [6.07, 6.45) is 46.4. The Balaban J connectivity index is 3.97. The highest BCUT2D eigenvalue weighted by Crippen LogP contribution is 2.36. The van der Waals surface area contributed by atoms with E-state index in [4.69, 9.17) is 19.3 Å². The Labute approximate surface area is 336 Å². The number of esters is 2. The molecule has 0 fully saturated rings. The number of allylic oxidation sites excluding steroid dienone is 8. The number of hydrogen-bond donors (Lipinski definition) is 3. The fourth-order valence-electron chi connectivity index (χ4n) is 6.05. The van der Waals surface area contributed by atoms with E-state index in [0.717, 1.165) is 57.8 Å². The van der Waals surface area contributed by atoms with Crippen molar-refractivity contribution < 1.29 is 43.0 Å². The number of phosphoric acid groups is 1. The molecule has 0 radical (unpaired) electrons. The number of rotatable bonds is 40. The molecule has 0 saturated heterocycles. The van der Waals surface area contributed by atoms with E-state index in [2.05, 4.69) is 54.0 Å². The molecule has 3 N–H and O–H groups in total. The third kappa shape index (κ3) is 42.9. The second-order valence-corrected chi connectivity index (χ2v) is 16.1. The van der Waals surface area contributed by atoms with Crippen molar-refractivity contribution in [3.63, 3.8) is 0 Å². The van der Waals surface area contributed by atoms with Crippen LogP contribution in [0.2, 0.25) is 0 Å². The molecule has 0 saturated carbocycles. The third-order valence-electron chi connectivity index (χ3n) is 9.51. The van der Waals surface area contributed by atoms with Gasteiger partial charge in [-0.25, -0.2) is 4.57 Å². The minimum Gasteiger partial charge on any atom is -0.462 e. The normalized spacial score (nSPS) is 13.5. The van der Waals surface area contributed by atoms with Crippen molar-refractivity contribution in [2.24, 2.45) is 0 Å². The van der Waals surface area contributed by atoms with Crippen molar-refractivity contribution in [2.75, 3.05) is 13.2 Å². The summed E-state index contributed by atoms with van der Waals surface area (Å²) in [4.78, 5) is 42.9. The second-order valence-electron chi connectivity index (χ2n) is 14.8. The van der Waals surface area contributed by atoms with E-state index in [9.17, 15) is 19.3 Å². The zero-order valence-corrected chi connectivity index (χ0v) is 35.8. The van der Waals surface area contributed by atoms with Gasteiger partial charge < -0.3 is 24.4 Å². The second kappa shape index (κ2) is 40.2. The fourth-order valence-corrected chi connectivity index (χ4v) is 6.41. The number of aliphatic hydroxyl groups is 1. The molecule has 320 valence electrons. The molecule has 2 atom stereocenters. The highest BCUT2D eigenvalue weighted by atomic mass is 31.2. The third-order valence-corrected chi connectivity index (χ3v) is 10.00. The van der Waals surface area contributed by atoms with E-state index in [-0.39, 0.29) is 25.6 Å². The van der Waals surface area contributed by atoms with Gasteiger partial charge in [-0.1, -0.05) is 178 Å². The van der Waals surface area contributed by atoms with Gasteiger partial charge in [0.1, 0.15) is 6.61 Å². The molecule has 9 nitrogen and oxygen atoms in total. The SMILES string of the molecule is CCCCCCCCCCCCCCCCCCCCCC(=O)O[C@H](COC(=O)CCC/C=C\C/C=C\C/C=C\C/C=C\CC[C@@H](O)CC)COP(=O)(O)O. The van der Waals surface area contributed by atoms with Crippen LogP contribution in [0.4, 0.5) is 0 Å². The van der Waals surface area contributed by atoms with Crippen LogP contribution in [0.3, 0.4) is 0 Å². The van der Waals surface area contributed by atoms with E-state index in [1.165, 1.54) is 96.3 Å². The average Bonchev–Trinajstić information content (AvgIpc) is 3.16. The van der Waals surface area contributed by atoms with Gasteiger partial charge in [-0.2, -0.15) is 0 Å². The predicted molar refractivity (Wildman–Crippen MR) is 227 cm³/mol. The number of hydrogen-bond acceptors (Lipinski definition) is 7. The largest absolute Gasteiger partial charge is 0.469 e. The Morgan fingerprint density at radius 3 is 1.42 bits per heavy atom.